The first-order chi connectivity index (χ1) is 16.1. The maximum Gasteiger partial charge on any atom is 0.255 e. The number of nitrogens with zero attached hydrogens (tertiary/aromatic N) is 1. The summed E-state index contributed by atoms with van der Waals surface area (Å²) in [7, 11) is 1.52. The SMILES string of the molecule is COc1c(C(=O)NCc2ccc3c(c2)OCO3)ccc2n[nH]c(/C=C/c3ccc(F)cc3)c12. The third kappa shape index (κ3) is 4.10. The lowest BCUT2D eigenvalue weighted by molar-refractivity contribution is 0.0948. The lowest BCUT2D eigenvalue weighted by atomic mass is 10.1. The van der Waals surface area contributed by atoms with Crippen molar-refractivity contribution in [1.82, 2.24) is 15.5 Å². The molecule has 7 nitrogen and oxygen atoms in total. The average Bonchev–Trinajstić information content (AvgIpc) is 3.48. The van der Waals surface area contributed by atoms with Crippen molar-refractivity contribution < 1.29 is 23.4 Å². The molecule has 0 unspecified atom stereocenters. The van der Waals surface area contributed by atoms with Gasteiger partial charge in [0.2, 0.25) is 6.79 Å². The van der Waals surface area contributed by atoms with Crippen molar-refractivity contribution in [2.45, 2.75) is 6.54 Å². The monoisotopic (exact) mass is 445 g/mol. The quantitative estimate of drug-likeness (QED) is 0.455. The standard InChI is InChI=1S/C25H20FN3O4/c1-31-24-18(25(30)27-13-16-5-11-21-22(12-16)33-14-32-21)8-10-20-23(24)19(28-29-20)9-4-15-2-6-17(26)7-3-15/h2-12H,13-14H2,1H3,(H,27,30)(H,28,29)/b9-4+. The van der Waals surface area contributed by atoms with E-state index in [1.807, 2.05) is 30.4 Å². The molecule has 2 N–H and O–H groups in total. The van der Waals surface area contributed by atoms with Crippen LogP contribution in [0.25, 0.3) is 23.1 Å². The summed E-state index contributed by atoms with van der Waals surface area (Å²) < 4.78 is 29.5. The molecule has 33 heavy (non-hydrogen) atoms. The van der Waals surface area contributed by atoms with Crippen LogP contribution in [0.3, 0.4) is 0 Å². The lowest BCUT2D eigenvalue weighted by Crippen LogP contribution is -2.23. The molecule has 3 aromatic carbocycles. The van der Waals surface area contributed by atoms with Gasteiger partial charge < -0.3 is 19.5 Å². The highest BCUT2D eigenvalue weighted by molar-refractivity contribution is 6.05. The first-order valence-electron chi connectivity index (χ1n) is 10.3. The summed E-state index contributed by atoms with van der Waals surface area (Å²) >= 11 is 0. The fraction of sp³-hybridized carbons (Fsp3) is 0.120. The Kier molecular flexibility index (Phi) is 5.40. The highest BCUT2D eigenvalue weighted by Crippen LogP contribution is 2.34. The zero-order valence-electron chi connectivity index (χ0n) is 17.7. The van der Waals surface area contributed by atoms with Crippen LogP contribution in [0.5, 0.6) is 17.2 Å². The van der Waals surface area contributed by atoms with E-state index in [9.17, 15) is 9.18 Å². The van der Waals surface area contributed by atoms with Gasteiger partial charge in [-0.2, -0.15) is 5.10 Å². The van der Waals surface area contributed by atoms with Gasteiger partial charge in [0.1, 0.15) is 11.6 Å². The summed E-state index contributed by atoms with van der Waals surface area (Å²) in [5.41, 5.74) is 3.45. The minimum atomic E-state index is -0.294. The van der Waals surface area contributed by atoms with E-state index in [2.05, 4.69) is 15.5 Å². The van der Waals surface area contributed by atoms with Gasteiger partial charge in [-0.15, -0.1) is 0 Å². The number of amides is 1. The van der Waals surface area contributed by atoms with Gasteiger partial charge in [0.25, 0.3) is 5.91 Å². The fourth-order valence-corrected chi connectivity index (χ4v) is 3.70. The number of carbonyl (C=O) groups excluding carboxylic acids is 1. The lowest BCUT2D eigenvalue weighted by Gasteiger charge is -2.11. The summed E-state index contributed by atoms with van der Waals surface area (Å²) in [6.45, 7) is 0.518. The molecule has 0 aliphatic carbocycles. The molecule has 1 aromatic heterocycles. The van der Waals surface area contributed by atoms with Gasteiger partial charge in [0, 0.05) is 6.54 Å². The average molecular weight is 445 g/mol. The van der Waals surface area contributed by atoms with Crippen molar-refractivity contribution in [1.29, 1.82) is 0 Å². The van der Waals surface area contributed by atoms with Crippen molar-refractivity contribution in [2.75, 3.05) is 13.9 Å². The Morgan fingerprint density at radius 2 is 1.94 bits per heavy atom. The number of fused-ring (bicyclic) bond motifs is 2. The predicted octanol–water partition coefficient (Wildman–Crippen LogP) is 4.54. The number of methoxy groups -OCH3 is 1. The number of benzene rings is 3. The van der Waals surface area contributed by atoms with E-state index in [-0.39, 0.29) is 18.5 Å². The Bertz CT molecular complexity index is 1360. The molecular formula is C25H20FN3O4. The Hall–Kier alpha value is -4.33. The minimum Gasteiger partial charge on any atom is -0.495 e. The number of hydrogen-bond donors (Lipinski definition) is 2. The van der Waals surface area contributed by atoms with Crippen LogP contribution in [-0.2, 0) is 6.54 Å². The highest BCUT2D eigenvalue weighted by Gasteiger charge is 2.19. The molecule has 0 bridgehead atoms. The van der Waals surface area contributed by atoms with E-state index in [0.717, 1.165) is 11.1 Å². The summed E-state index contributed by atoms with van der Waals surface area (Å²) in [6.07, 6.45) is 3.65. The molecule has 4 aromatic rings. The first kappa shape index (κ1) is 20.6. The Balaban J connectivity index is 1.40. The van der Waals surface area contributed by atoms with Crippen LogP contribution >= 0.6 is 0 Å². The molecule has 1 aliphatic rings. The van der Waals surface area contributed by atoms with E-state index in [1.54, 1.807) is 24.3 Å². The van der Waals surface area contributed by atoms with Crippen molar-refractivity contribution in [2.24, 2.45) is 0 Å². The summed E-state index contributed by atoms with van der Waals surface area (Å²) in [5.74, 6) is 1.21. The van der Waals surface area contributed by atoms with Gasteiger partial charge in [-0.05, 0) is 53.6 Å². The van der Waals surface area contributed by atoms with Crippen LogP contribution in [0, 0.1) is 5.82 Å². The summed E-state index contributed by atoms with van der Waals surface area (Å²) in [5, 5.41) is 10.9. The predicted molar refractivity (Wildman–Crippen MR) is 122 cm³/mol. The second-order valence-corrected chi connectivity index (χ2v) is 7.43. The molecule has 166 valence electrons. The number of halogens is 1. The number of rotatable bonds is 6. The van der Waals surface area contributed by atoms with Crippen LogP contribution in [-0.4, -0.2) is 30.0 Å². The maximum absolute atomic E-state index is 13.2. The van der Waals surface area contributed by atoms with E-state index in [4.69, 9.17) is 14.2 Å². The normalized spacial score (nSPS) is 12.4. The molecule has 0 atom stereocenters. The summed E-state index contributed by atoms with van der Waals surface area (Å²) in [4.78, 5) is 13.0. The molecule has 0 spiro atoms. The molecule has 1 amide bonds. The number of carbonyl (C=O) groups is 1. The highest BCUT2D eigenvalue weighted by atomic mass is 19.1. The molecule has 1 aliphatic heterocycles. The van der Waals surface area contributed by atoms with Crippen molar-refractivity contribution in [3.8, 4) is 17.2 Å². The van der Waals surface area contributed by atoms with Gasteiger partial charge in [-0.3, -0.25) is 9.89 Å². The zero-order chi connectivity index (χ0) is 22.8. The Labute approximate surface area is 188 Å². The molecule has 0 saturated heterocycles. The van der Waals surface area contributed by atoms with Crippen molar-refractivity contribution in [3.63, 3.8) is 0 Å². The van der Waals surface area contributed by atoms with Gasteiger partial charge in [-0.25, -0.2) is 4.39 Å². The van der Waals surface area contributed by atoms with Crippen LogP contribution in [0.15, 0.2) is 54.6 Å². The molecule has 0 fully saturated rings. The van der Waals surface area contributed by atoms with Gasteiger partial charge >= 0.3 is 0 Å². The second kappa shape index (κ2) is 8.66. The van der Waals surface area contributed by atoms with Crippen LogP contribution < -0.4 is 19.5 Å². The molecule has 8 heteroatoms. The zero-order valence-corrected chi connectivity index (χ0v) is 17.7. The van der Waals surface area contributed by atoms with E-state index in [1.165, 1.54) is 19.2 Å². The topological polar surface area (TPSA) is 85.5 Å². The Morgan fingerprint density at radius 3 is 2.76 bits per heavy atom. The fourth-order valence-electron chi connectivity index (χ4n) is 3.70. The van der Waals surface area contributed by atoms with Crippen LogP contribution in [0.2, 0.25) is 0 Å². The number of aromatic amines is 1. The van der Waals surface area contributed by atoms with E-state index < -0.39 is 0 Å². The van der Waals surface area contributed by atoms with Gasteiger partial charge in [-0.1, -0.05) is 24.3 Å². The largest absolute Gasteiger partial charge is 0.495 e. The number of ether oxygens (including phenoxy) is 3. The minimum absolute atomic E-state index is 0.199. The molecule has 0 radical (unpaired) electrons. The number of H-pyrrole nitrogens is 1. The number of hydrogen-bond acceptors (Lipinski definition) is 5. The maximum atomic E-state index is 13.2. The van der Waals surface area contributed by atoms with Gasteiger partial charge in [0.15, 0.2) is 11.5 Å². The third-order valence-corrected chi connectivity index (χ3v) is 5.35. The molecule has 0 saturated carbocycles. The van der Waals surface area contributed by atoms with E-state index in [0.29, 0.717) is 46.0 Å². The third-order valence-electron chi connectivity index (χ3n) is 5.35. The van der Waals surface area contributed by atoms with Crippen molar-refractivity contribution in [3.05, 3.63) is 82.8 Å². The first-order valence-corrected chi connectivity index (χ1v) is 10.3. The molecule has 5 rings (SSSR count). The summed E-state index contributed by atoms with van der Waals surface area (Å²) in [6, 6.07) is 15.1. The molecule has 2 heterocycles. The smallest absolute Gasteiger partial charge is 0.255 e. The van der Waals surface area contributed by atoms with Gasteiger partial charge in [0.05, 0.1) is 29.3 Å². The molecular weight excluding hydrogens is 425 g/mol. The second-order valence-electron chi connectivity index (χ2n) is 7.43. The van der Waals surface area contributed by atoms with Crippen LogP contribution in [0.1, 0.15) is 27.2 Å². The van der Waals surface area contributed by atoms with Crippen molar-refractivity contribution >= 4 is 29.0 Å². The van der Waals surface area contributed by atoms with E-state index >= 15 is 0 Å². The number of aromatic nitrogens is 2. The number of nitrogens with one attached hydrogen (secondary N) is 2. The van der Waals surface area contributed by atoms with Crippen LogP contribution in [0.4, 0.5) is 4.39 Å². The Morgan fingerprint density at radius 1 is 1.12 bits per heavy atom.